The normalized spacial score (nSPS) is 11.0. The summed E-state index contributed by atoms with van der Waals surface area (Å²) in [6, 6.07) is 2.80. The highest BCUT2D eigenvalue weighted by Crippen LogP contribution is 2.23. The molecule has 0 saturated heterocycles. The second-order valence-electron chi connectivity index (χ2n) is 2.50. The summed E-state index contributed by atoms with van der Waals surface area (Å²) in [5.41, 5.74) is -0.495. The SMILES string of the molecule is O=C(OS(=O)(=O)O)c1ccc(O)cc1O. The Bertz CT molecular complexity index is 490. The fraction of sp³-hybridized carbons (Fsp3) is 0. The van der Waals surface area contributed by atoms with Crippen molar-refractivity contribution in [2.75, 3.05) is 0 Å². The van der Waals surface area contributed by atoms with E-state index in [0.29, 0.717) is 0 Å². The Morgan fingerprint density at radius 3 is 2.33 bits per heavy atom. The number of hydrogen-bond acceptors (Lipinski definition) is 6. The first kappa shape index (κ1) is 11.3. The smallest absolute Gasteiger partial charge is 0.449 e. The zero-order valence-electron chi connectivity index (χ0n) is 7.11. The Balaban J connectivity index is 3.02. The van der Waals surface area contributed by atoms with E-state index >= 15 is 0 Å². The van der Waals surface area contributed by atoms with Crippen molar-refractivity contribution in [2.24, 2.45) is 0 Å². The van der Waals surface area contributed by atoms with Crippen LogP contribution in [0.2, 0.25) is 0 Å². The summed E-state index contributed by atoms with van der Waals surface area (Å²) < 4.78 is 32.1. The molecular weight excluding hydrogens is 228 g/mol. The maximum Gasteiger partial charge on any atom is 0.449 e. The van der Waals surface area contributed by atoms with E-state index in [9.17, 15) is 13.2 Å². The van der Waals surface area contributed by atoms with Crippen molar-refractivity contribution in [1.82, 2.24) is 0 Å². The van der Waals surface area contributed by atoms with Gasteiger partial charge in [0.2, 0.25) is 0 Å². The van der Waals surface area contributed by atoms with Gasteiger partial charge in [0.05, 0.1) is 0 Å². The number of phenols is 2. The number of benzene rings is 1. The molecule has 0 aliphatic rings. The van der Waals surface area contributed by atoms with E-state index in [1.165, 1.54) is 0 Å². The fourth-order valence-electron chi connectivity index (χ4n) is 0.833. The van der Waals surface area contributed by atoms with Gasteiger partial charge in [0.25, 0.3) is 0 Å². The van der Waals surface area contributed by atoms with E-state index in [2.05, 4.69) is 4.18 Å². The van der Waals surface area contributed by atoms with Crippen LogP contribution in [0.5, 0.6) is 11.5 Å². The van der Waals surface area contributed by atoms with Gasteiger partial charge in [-0.3, -0.25) is 4.55 Å². The maximum absolute atomic E-state index is 11.0. The van der Waals surface area contributed by atoms with Crippen LogP contribution in [0.15, 0.2) is 18.2 Å². The first-order valence-electron chi connectivity index (χ1n) is 3.53. The van der Waals surface area contributed by atoms with E-state index in [0.717, 1.165) is 18.2 Å². The predicted octanol–water partition coefficient (Wildman–Crippen LogP) is 0.0574. The summed E-state index contributed by atoms with van der Waals surface area (Å²) in [4.78, 5) is 11.0. The highest BCUT2D eigenvalue weighted by atomic mass is 32.3. The average Bonchev–Trinajstić information content (AvgIpc) is 1.99. The maximum atomic E-state index is 11.0. The van der Waals surface area contributed by atoms with E-state index in [4.69, 9.17) is 14.8 Å². The van der Waals surface area contributed by atoms with Crippen LogP contribution in [0.4, 0.5) is 0 Å². The second-order valence-corrected chi connectivity index (χ2v) is 3.52. The molecule has 1 aromatic rings. The van der Waals surface area contributed by atoms with E-state index < -0.39 is 27.7 Å². The molecule has 0 atom stereocenters. The van der Waals surface area contributed by atoms with Crippen LogP contribution in [0.1, 0.15) is 10.4 Å². The molecule has 3 N–H and O–H groups in total. The molecule has 0 aliphatic heterocycles. The molecule has 8 heteroatoms. The quantitative estimate of drug-likeness (QED) is 0.618. The zero-order chi connectivity index (χ0) is 11.6. The molecule has 1 rings (SSSR count). The molecule has 0 unspecified atom stereocenters. The minimum atomic E-state index is -4.92. The van der Waals surface area contributed by atoms with Gasteiger partial charge < -0.3 is 14.4 Å². The molecule has 82 valence electrons. The summed E-state index contributed by atoms with van der Waals surface area (Å²) in [5, 5.41) is 18.0. The van der Waals surface area contributed by atoms with Crippen LogP contribution in [-0.2, 0) is 14.6 Å². The van der Waals surface area contributed by atoms with Crippen LogP contribution in [0.25, 0.3) is 0 Å². The van der Waals surface area contributed by atoms with E-state index in [1.54, 1.807) is 0 Å². The van der Waals surface area contributed by atoms with Crippen LogP contribution >= 0.6 is 0 Å². The largest absolute Gasteiger partial charge is 0.508 e. The molecule has 0 aromatic heterocycles. The lowest BCUT2D eigenvalue weighted by atomic mass is 10.2. The van der Waals surface area contributed by atoms with E-state index in [-0.39, 0.29) is 5.75 Å². The van der Waals surface area contributed by atoms with Crippen molar-refractivity contribution >= 4 is 16.4 Å². The molecule has 0 radical (unpaired) electrons. The lowest BCUT2D eigenvalue weighted by Gasteiger charge is -2.02. The second kappa shape index (κ2) is 3.75. The van der Waals surface area contributed by atoms with Gasteiger partial charge in [-0.1, -0.05) is 0 Å². The van der Waals surface area contributed by atoms with Crippen molar-refractivity contribution in [3.63, 3.8) is 0 Å². The van der Waals surface area contributed by atoms with Gasteiger partial charge in [-0.05, 0) is 12.1 Å². The van der Waals surface area contributed by atoms with Crippen molar-refractivity contribution in [2.45, 2.75) is 0 Å². The molecular formula is C7H6O7S. The van der Waals surface area contributed by atoms with Gasteiger partial charge in [0.15, 0.2) is 0 Å². The number of aromatic hydroxyl groups is 2. The van der Waals surface area contributed by atoms with Gasteiger partial charge in [0, 0.05) is 6.07 Å². The molecule has 0 aliphatic carbocycles. The zero-order valence-corrected chi connectivity index (χ0v) is 7.93. The van der Waals surface area contributed by atoms with Crippen molar-refractivity contribution in [3.8, 4) is 11.5 Å². The molecule has 0 amide bonds. The molecule has 0 bridgehead atoms. The monoisotopic (exact) mass is 234 g/mol. The van der Waals surface area contributed by atoms with Crippen molar-refractivity contribution in [1.29, 1.82) is 0 Å². The third kappa shape index (κ3) is 3.11. The fourth-order valence-corrected chi connectivity index (χ4v) is 1.11. The van der Waals surface area contributed by atoms with E-state index in [1.807, 2.05) is 0 Å². The number of phenolic OH excluding ortho intramolecular Hbond substituents is 2. The van der Waals surface area contributed by atoms with Crippen LogP contribution < -0.4 is 0 Å². The standard InChI is InChI=1S/C7H6O7S/c8-4-1-2-5(6(9)3-4)7(10)14-15(11,12)13/h1-3,8-9H,(H,11,12,13). The molecule has 1 aromatic carbocycles. The Hall–Kier alpha value is -1.80. The Labute approximate surface area is 84.5 Å². The van der Waals surface area contributed by atoms with Crippen LogP contribution in [0.3, 0.4) is 0 Å². The predicted molar refractivity (Wildman–Crippen MR) is 46.7 cm³/mol. The summed E-state index contributed by atoms with van der Waals surface area (Å²) in [6.07, 6.45) is 0. The highest BCUT2D eigenvalue weighted by molar-refractivity contribution is 7.81. The first-order chi connectivity index (χ1) is 6.79. The minimum Gasteiger partial charge on any atom is -0.508 e. The van der Waals surface area contributed by atoms with Gasteiger partial charge in [-0.2, -0.15) is 8.42 Å². The van der Waals surface area contributed by atoms with Gasteiger partial charge in [-0.15, -0.1) is 0 Å². The van der Waals surface area contributed by atoms with Gasteiger partial charge in [-0.25, -0.2) is 4.79 Å². The molecule has 0 fully saturated rings. The third-order valence-corrected chi connectivity index (χ3v) is 1.74. The highest BCUT2D eigenvalue weighted by Gasteiger charge is 2.19. The summed E-state index contributed by atoms with van der Waals surface area (Å²) in [6.45, 7) is 0. The number of hydrogen-bond donors (Lipinski definition) is 3. The topological polar surface area (TPSA) is 121 Å². The Kier molecular flexibility index (Phi) is 2.82. The molecule has 0 saturated carbocycles. The van der Waals surface area contributed by atoms with Crippen molar-refractivity contribution < 1.29 is 32.2 Å². The van der Waals surface area contributed by atoms with Crippen molar-refractivity contribution in [3.05, 3.63) is 23.8 Å². The average molecular weight is 234 g/mol. The summed E-state index contributed by atoms with van der Waals surface area (Å²) in [5.74, 6) is -2.42. The summed E-state index contributed by atoms with van der Waals surface area (Å²) in [7, 11) is -4.92. The number of carbonyl (C=O) groups is 1. The Morgan fingerprint density at radius 1 is 1.27 bits per heavy atom. The van der Waals surface area contributed by atoms with Crippen LogP contribution in [-0.4, -0.2) is 29.2 Å². The molecule has 0 heterocycles. The van der Waals surface area contributed by atoms with Gasteiger partial charge in [0.1, 0.15) is 17.1 Å². The molecule has 0 spiro atoms. The molecule has 7 nitrogen and oxygen atoms in total. The summed E-state index contributed by atoms with van der Waals surface area (Å²) >= 11 is 0. The lowest BCUT2D eigenvalue weighted by Crippen LogP contribution is -2.11. The minimum absolute atomic E-state index is 0.309. The third-order valence-electron chi connectivity index (χ3n) is 1.38. The molecule has 15 heavy (non-hydrogen) atoms. The Morgan fingerprint density at radius 2 is 1.87 bits per heavy atom. The number of carbonyl (C=O) groups excluding carboxylic acids is 1. The lowest BCUT2D eigenvalue weighted by molar-refractivity contribution is 0.0724. The van der Waals surface area contributed by atoms with Crippen LogP contribution in [0, 0.1) is 0 Å². The van der Waals surface area contributed by atoms with Gasteiger partial charge >= 0.3 is 16.4 Å². The number of rotatable bonds is 2. The first-order valence-corrected chi connectivity index (χ1v) is 4.89.